The highest BCUT2D eigenvalue weighted by molar-refractivity contribution is 7.18. The molecular formula is C30H36F5N5O4S. The minimum absolute atomic E-state index is 0.000143. The van der Waals surface area contributed by atoms with Gasteiger partial charge in [-0.05, 0) is 58.2 Å². The predicted molar refractivity (Wildman–Crippen MR) is 160 cm³/mol. The van der Waals surface area contributed by atoms with Gasteiger partial charge < -0.3 is 24.6 Å². The maximum Gasteiger partial charge on any atom is 0.419 e. The molecule has 2 amide bonds. The Hall–Kier alpha value is -3.59. The Morgan fingerprint density at radius 1 is 1.11 bits per heavy atom. The molecule has 3 aromatic rings. The molecule has 246 valence electrons. The Bertz CT molecular complexity index is 1500. The van der Waals surface area contributed by atoms with Crippen LogP contribution in [0.1, 0.15) is 61.9 Å². The fraction of sp³-hybridized carbons (Fsp3) is 0.533. The summed E-state index contributed by atoms with van der Waals surface area (Å²) in [6.45, 7) is 7.45. The number of hydrogen-bond donors (Lipinski definition) is 1. The second-order valence-electron chi connectivity index (χ2n) is 11.8. The lowest BCUT2D eigenvalue weighted by Crippen LogP contribution is -2.46. The molecule has 0 radical (unpaired) electrons. The Kier molecular flexibility index (Phi) is 10.2. The van der Waals surface area contributed by atoms with Crippen molar-refractivity contribution < 1.29 is 41.0 Å². The van der Waals surface area contributed by atoms with Crippen molar-refractivity contribution in [3.8, 4) is 0 Å². The van der Waals surface area contributed by atoms with E-state index >= 15 is 0 Å². The maximum atomic E-state index is 14.4. The maximum absolute atomic E-state index is 14.4. The number of nitrogens with zero attached hydrogens (tertiary/aromatic N) is 4. The van der Waals surface area contributed by atoms with Gasteiger partial charge in [-0.15, -0.1) is 0 Å². The lowest BCUT2D eigenvalue weighted by atomic mass is 9.94. The third-order valence-electron chi connectivity index (χ3n) is 7.40. The molecule has 0 saturated carbocycles. The molecule has 1 aliphatic heterocycles. The van der Waals surface area contributed by atoms with Gasteiger partial charge in [0.25, 0.3) is 6.43 Å². The smallest absolute Gasteiger partial charge is 0.419 e. The summed E-state index contributed by atoms with van der Waals surface area (Å²) in [4.78, 5) is 37.0. The lowest BCUT2D eigenvalue weighted by Gasteiger charge is -2.36. The van der Waals surface area contributed by atoms with Crippen molar-refractivity contribution in [3.63, 3.8) is 0 Å². The summed E-state index contributed by atoms with van der Waals surface area (Å²) < 4.78 is 80.8. The van der Waals surface area contributed by atoms with E-state index in [9.17, 15) is 31.5 Å². The van der Waals surface area contributed by atoms with Crippen LogP contribution in [0.5, 0.6) is 0 Å². The van der Waals surface area contributed by atoms with Crippen LogP contribution in [-0.4, -0.2) is 77.2 Å². The fourth-order valence-corrected chi connectivity index (χ4v) is 6.07. The number of carbonyl (C=O) groups excluding carboxylic acids is 2. The molecule has 1 saturated heterocycles. The molecule has 45 heavy (non-hydrogen) atoms. The number of benzene rings is 1. The molecule has 1 aliphatic rings. The molecule has 15 heteroatoms. The van der Waals surface area contributed by atoms with E-state index < -0.39 is 48.3 Å². The van der Waals surface area contributed by atoms with E-state index in [1.165, 1.54) is 42.4 Å². The zero-order chi connectivity index (χ0) is 33.3. The SMILES string of the molecule is COC(c1c(Nc2ccc(C(C(F)F)N(C)C(=O)C3CCN(C(=O)OC(C)(C)C)CC3)cc2)cnc2sc(C)nc12)C(F)(F)F. The van der Waals surface area contributed by atoms with E-state index in [-0.39, 0.29) is 35.4 Å². The highest BCUT2D eigenvalue weighted by Crippen LogP contribution is 2.43. The van der Waals surface area contributed by atoms with Gasteiger partial charge in [-0.25, -0.2) is 23.5 Å². The van der Waals surface area contributed by atoms with Crippen molar-refractivity contribution in [2.24, 2.45) is 5.92 Å². The highest BCUT2D eigenvalue weighted by Gasteiger charge is 2.44. The molecule has 2 unspecified atom stereocenters. The quantitative estimate of drug-likeness (QED) is 0.252. The van der Waals surface area contributed by atoms with Crippen LogP contribution in [0.25, 0.3) is 10.3 Å². The molecule has 1 fully saturated rings. The average Bonchev–Trinajstić information content (AvgIpc) is 3.33. The van der Waals surface area contributed by atoms with Gasteiger partial charge in [0.2, 0.25) is 5.91 Å². The van der Waals surface area contributed by atoms with Crippen LogP contribution in [0.4, 0.5) is 38.1 Å². The number of hydrogen-bond acceptors (Lipinski definition) is 8. The standard InChI is InChI=1S/C30H36F5N5O4S/c1-16-37-22-21(24(43-6)30(33,34)35)20(15-36-26(22)45-16)38-19-9-7-17(8-10-19)23(25(31)32)39(5)27(41)18-11-13-40(14-12-18)28(42)44-29(2,3)4/h7-10,15,18,23-25,38H,11-14H2,1-6H3. The van der Waals surface area contributed by atoms with E-state index in [1.807, 2.05) is 0 Å². The molecule has 9 nitrogen and oxygen atoms in total. The number of likely N-dealkylation sites (tertiary alicyclic amines) is 1. The predicted octanol–water partition coefficient (Wildman–Crippen LogP) is 7.40. The zero-order valence-corrected chi connectivity index (χ0v) is 26.6. The van der Waals surface area contributed by atoms with Crippen molar-refractivity contribution in [2.45, 2.75) is 70.9 Å². The summed E-state index contributed by atoms with van der Waals surface area (Å²) in [5, 5.41) is 3.43. The van der Waals surface area contributed by atoms with Gasteiger partial charge in [-0.1, -0.05) is 23.5 Å². The van der Waals surface area contributed by atoms with E-state index in [1.54, 1.807) is 27.7 Å². The van der Waals surface area contributed by atoms with Crippen molar-refractivity contribution in [3.05, 3.63) is 46.6 Å². The first-order valence-electron chi connectivity index (χ1n) is 14.3. The molecule has 1 N–H and O–H groups in total. The first kappa shape index (κ1) is 34.3. The number of amides is 2. The number of aromatic nitrogens is 2. The number of halogens is 5. The van der Waals surface area contributed by atoms with Gasteiger partial charge in [0.15, 0.2) is 6.10 Å². The van der Waals surface area contributed by atoms with Crippen LogP contribution in [0.2, 0.25) is 0 Å². The third-order valence-corrected chi connectivity index (χ3v) is 8.28. The molecule has 3 heterocycles. The zero-order valence-electron chi connectivity index (χ0n) is 25.7. The van der Waals surface area contributed by atoms with Gasteiger partial charge in [-0.3, -0.25) is 4.79 Å². The summed E-state index contributed by atoms with van der Waals surface area (Å²) >= 11 is 1.15. The Labute approximate surface area is 261 Å². The van der Waals surface area contributed by atoms with E-state index in [0.717, 1.165) is 23.3 Å². The number of alkyl halides is 5. The number of rotatable bonds is 8. The number of thiazole rings is 1. The second kappa shape index (κ2) is 13.4. The summed E-state index contributed by atoms with van der Waals surface area (Å²) in [6.07, 6.45) is -8.56. The van der Waals surface area contributed by atoms with Crippen LogP contribution in [0, 0.1) is 12.8 Å². The van der Waals surface area contributed by atoms with Crippen molar-refractivity contribution in [1.82, 2.24) is 19.8 Å². The van der Waals surface area contributed by atoms with Gasteiger partial charge >= 0.3 is 12.3 Å². The topological polar surface area (TPSA) is 96.9 Å². The number of fused-ring (bicyclic) bond motifs is 1. The van der Waals surface area contributed by atoms with Gasteiger partial charge in [-0.2, -0.15) is 13.2 Å². The van der Waals surface area contributed by atoms with Gasteiger partial charge in [0.05, 0.1) is 16.9 Å². The number of methoxy groups -OCH3 is 1. The first-order chi connectivity index (χ1) is 21.0. The van der Waals surface area contributed by atoms with Crippen molar-refractivity contribution in [2.75, 3.05) is 32.6 Å². The number of piperidine rings is 1. The summed E-state index contributed by atoms with van der Waals surface area (Å²) in [5.41, 5.74) is -0.398. The van der Waals surface area contributed by atoms with Crippen LogP contribution in [0.15, 0.2) is 30.5 Å². The number of carbonyl (C=O) groups is 2. The third kappa shape index (κ3) is 7.98. The van der Waals surface area contributed by atoms with Crippen LogP contribution in [0.3, 0.4) is 0 Å². The van der Waals surface area contributed by atoms with E-state index in [2.05, 4.69) is 15.3 Å². The van der Waals surface area contributed by atoms with Crippen LogP contribution in [-0.2, 0) is 14.3 Å². The summed E-state index contributed by atoms with van der Waals surface area (Å²) in [5.74, 6) is -1.01. The number of anilines is 2. The highest BCUT2D eigenvalue weighted by atomic mass is 32.1. The Morgan fingerprint density at radius 2 is 1.73 bits per heavy atom. The van der Waals surface area contributed by atoms with E-state index in [4.69, 9.17) is 9.47 Å². The largest absolute Gasteiger partial charge is 0.444 e. The Morgan fingerprint density at radius 3 is 2.27 bits per heavy atom. The molecule has 0 spiro atoms. The van der Waals surface area contributed by atoms with Gasteiger partial charge in [0.1, 0.15) is 22.0 Å². The average molecular weight is 658 g/mol. The lowest BCUT2D eigenvalue weighted by molar-refractivity contribution is -0.215. The van der Waals surface area contributed by atoms with Crippen LogP contribution >= 0.6 is 11.3 Å². The summed E-state index contributed by atoms with van der Waals surface area (Å²) in [6, 6.07) is 4.11. The molecule has 0 bridgehead atoms. The molecule has 2 aromatic heterocycles. The molecule has 1 aromatic carbocycles. The number of nitrogens with one attached hydrogen (secondary N) is 1. The second-order valence-corrected chi connectivity index (χ2v) is 13.0. The first-order valence-corrected chi connectivity index (χ1v) is 15.1. The molecule has 2 atom stereocenters. The number of aryl methyl sites for hydroxylation is 1. The van der Waals surface area contributed by atoms with Crippen LogP contribution < -0.4 is 5.32 Å². The minimum atomic E-state index is -4.74. The number of pyridine rings is 1. The normalized spacial score (nSPS) is 16.1. The number of ether oxygens (including phenoxy) is 2. The van der Waals surface area contributed by atoms with Gasteiger partial charge in [0, 0.05) is 44.4 Å². The monoisotopic (exact) mass is 657 g/mol. The fourth-order valence-electron chi connectivity index (χ4n) is 5.30. The molecule has 0 aliphatic carbocycles. The molecule has 4 rings (SSSR count). The summed E-state index contributed by atoms with van der Waals surface area (Å²) in [7, 11) is 2.27. The van der Waals surface area contributed by atoms with Crippen molar-refractivity contribution >= 4 is 45.1 Å². The Balaban J connectivity index is 1.51. The minimum Gasteiger partial charge on any atom is -0.444 e. The van der Waals surface area contributed by atoms with Crippen molar-refractivity contribution in [1.29, 1.82) is 0 Å². The van der Waals surface area contributed by atoms with E-state index in [0.29, 0.717) is 28.4 Å². The molecular weight excluding hydrogens is 621 g/mol.